The third-order valence-corrected chi connectivity index (χ3v) is 2.87. The van der Waals surface area contributed by atoms with Crippen LogP contribution in [0.1, 0.15) is 46.0 Å². The summed E-state index contributed by atoms with van der Waals surface area (Å²) in [6.07, 6.45) is 6.70. The molecule has 0 spiro atoms. The molecule has 0 aromatic rings. The molecule has 2 heteroatoms. The Morgan fingerprint density at radius 2 is 2.38 bits per heavy atom. The molecule has 1 saturated heterocycles. The third-order valence-electron chi connectivity index (χ3n) is 2.87. The first kappa shape index (κ1) is 11.0. The summed E-state index contributed by atoms with van der Waals surface area (Å²) < 4.78 is 0. The van der Waals surface area contributed by atoms with Crippen molar-refractivity contribution in [1.29, 1.82) is 0 Å². The van der Waals surface area contributed by atoms with Gasteiger partial charge in [-0.15, -0.1) is 0 Å². The van der Waals surface area contributed by atoms with E-state index in [1.165, 1.54) is 38.6 Å². The Kier molecular flexibility index (Phi) is 5.40. The minimum Gasteiger partial charge on any atom is -0.313 e. The highest BCUT2D eigenvalue weighted by molar-refractivity contribution is 4.77. The molecule has 2 N–H and O–H groups in total. The van der Waals surface area contributed by atoms with Gasteiger partial charge in [0.2, 0.25) is 0 Å². The van der Waals surface area contributed by atoms with Gasteiger partial charge in [0.15, 0.2) is 0 Å². The molecule has 0 radical (unpaired) electrons. The fourth-order valence-corrected chi connectivity index (χ4v) is 1.89. The number of hydrogen-bond donors (Lipinski definition) is 2. The normalized spacial score (nSPS) is 24.9. The quantitative estimate of drug-likeness (QED) is 0.659. The summed E-state index contributed by atoms with van der Waals surface area (Å²) in [4.78, 5) is 0. The molecule has 13 heavy (non-hydrogen) atoms. The second-order valence-corrected chi connectivity index (χ2v) is 4.24. The molecule has 1 fully saturated rings. The predicted molar refractivity (Wildman–Crippen MR) is 58.0 cm³/mol. The highest BCUT2D eigenvalue weighted by atomic mass is 15.0. The first-order valence-electron chi connectivity index (χ1n) is 5.79. The average molecular weight is 184 g/mol. The lowest BCUT2D eigenvalue weighted by Gasteiger charge is -2.16. The van der Waals surface area contributed by atoms with E-state index in [4.69, 9.17) is 0 Å². The molecule has 2 unspecified atom stereocenters. The summed E-state index contributed by atoms with van der Waals surface area (Å²) in [5, 5.41) is 7.10. The van der Waals surface area contributed by atoms with Crippen LogP contribution >= 0.6 is 0 Å². The zero-order valence-corrected chi connectivity index (χ0v) is 9.10. The Labute approximate surface area is 82.5 Å². The Morgan fingerprint density at radius 1 is 1.54 bits per heavy atom. The van der Waals surface area contributed by atoms with Gasteiger partial charge in [0.1, 0.15) is 0 Å². The van der Waals surface area contributed by atoms with Crippen LogP contribution in [0.25, 0.3) is 0 Å². The topological polar surface area (TPSA) is 24.1 Å². The highest BCUT2D eigenvalue weighted by Crippen LogP contribution is 2.05. The van der Waals surface area contributed by atoms with Gasteiger partial charge in [-0.3, -0.25) is 0 Å². The van der Waals surface area contributed by atoms with E-state index < -0.39 is 0 Å². The Hall–Kier alpha value is -0.0800. The zero-order valence-electron chi connectivity index (χ0n) is 9.10. The Morgan fingerprint density at radius 3 is 3.00 bits per heavy atom. The van der Waals surface area contributed by atoms with E-state index in [0.29, 0.717) is 6.04 Å². The number of rotatable bonds is 6. The fourth-order valence-electron chi connectivity index (χ4n) is 1.89. The fraction of sp³-hybridized carbons (Fsp3) is 1.00. The van der Waals surface area contributed by atoms with Crippen molar-refractivity contribution >= 4 is 0 Å². The molecule has 1 heterocycles. The summed E-state index contributed by atoms with van der Waals surface area (Å²) in [6, 6.07) is 1.44. The minimum absolute atomic E-state index is 0.697. The van der Waals surface area contributed by atoms with Crippen LogP contribution in [-0.4, -0.2) is 25.2 Å². The van der Waals surface area contributed by atoms with Gasteiger partial charge in [-0.1, -0.05) is 19.8 Å². The maximum Gasteiger partial charge on any atom is 0.0193 e. The van der Waals surface area contributed by atoms with Crippen molar-refractivity contribution in [2.45, 2.75) is 58.0 Å². The van der Waals surface area contributed by atoms with Crippen LogP contribution in [0.4, 0.5) is 0 Å². The van der Waals surface area contributed by atoms with Crippen LogP contribution in [0, 0.1) is 0 Å². The van der Waals surface area contributed by atoms with Gasteiger partial charge >= 0.3 is 0 Å². The van der Waals surface area contributed by atoms with Crippen molar-refractivity contribution in [3.63, 3.8) is 0 Å². The van der Waals surface area contributed by atoms with E-state index in [2.05, 4.69) is 24.5 Å². The van der Waals surface area contributed by atoms with Crippen molar-refractivity contribution in [2.75, 3.05) is 13.1 Å². The maximum atomic E-state index is 3.60. The second kappa shape index (κ2) is 6.39. The molecule has 0 aromatic carbocycles. The molecule has 2 atom stereocenters. The van der Waals surface area contributed by atoms with Gasteiger partial charge < -0.3 is 10.6 Å². The van der Waals surface area contributed by atoms with E-state index in [9.17, 15) is 0 Å². The third kappa shape index (κ3) is 4.63. The lowest BCUT2D eigenvalue weighted by molar-refractivity contribution is 0.451. The van der Waals surface area contributed by atoms with Crippen molar-refractivity contribution < 1.29 is 0 Å². The highest BCUT2D eigenvalue weighted by Gasteiger charge is 2.13. The Balaban J connectivity index is 1.97. The number of nitrogens with one attached hydrogen (secondary N) is 2. The smallest absolute Gasteiger partial charge is 0.0193 e. The molecule has 0 aromatic heterocycles. The average Bonchev–Trinajstić information content (AvgIpc) is 2.64. The van der Waals surface area contributed by atoms with Gasteiger partial charge in [-0.05, 0) is 32.7 Å². The van der Waals surface area contributed by atoms with Crippen molar-refractivity contribution in [2.24, 2.45) is 0 Å². The molecule has 0 amide bonds. The van der Waals surface area contributed by atoms with Gasteiger partial charge in [0, 0.05) is 18.6 Å². The summed E-state index contributed by atoms with van der Waals surface area (Å²) in [5.74, 6) is 0. The molecule has 2 nitrogen and oxygen atoms in total. The summed E-state index contributed by atoms with van der Waals surface area (Å²) >= 11 is 0. The van der Waals surface area contributed by atoms with Gasteiger partial charge in [0.25, 0.3) is 0 Å². The molecule has 1 rings (SSSR count). The van der Waals surface area contributed by atoms with Crippen LogP contribution in [-0.2, 0) is 0 Å². The predicted octanol–water partition coefficient (Wildman–Crippen LogP) is 1.91. The monoisotopic (exact) mass is 184 g/mol. The van der Waals surface area contributed by atoms with Gasteiger partial charge in [-0.25, -0.2) is 0 Å². The lowest BCUT2D eigenvalue weighted by atomic mass is 10.1. The Bertz CT molecular complexity index is 119. The minimum atomic E-state index is 0.697. The summed E-state index contributed by atoms with van der Waals surface area (Å²) in [5.41, 5.74) is 0. The van der Waals surface area contributed by atoms with Crippen molar-refractivity contribution in [1.82, 2.24) is 10.6 Å². The van der Waals surface area contributed by atoms with Crippen molar-refractivity contribution in [3.05, 3.63) is 0 Å². The van der Waals surface area contributed by atoms with Gasteiger partial charge in [-0.2, -0.15) is 0 Å². The number of unbranched alkanes of at least 4 members (excludes halogenated alkanes) is 1. The molecule has 0 saturated carbocycles. The van der Waals surface area contributed by atoms with E-state index in [1.807, 2.05) is 0 Å². The van der Waals surface area contributed by atoms with Crippen LogP contribution < -0.4 is 10.6 Å². The summed E-state index contributed by atoms with van der Waals surface area (Å²) in [6.45, 7) is 6.93. The van der Waals surface area contributed by atoms with Crippen LogP contribution in [0.5, 0.6) is 0 Å². The largest absolute Gasteiger partial charge is 0.313 e. The molecule has 78 valence electrons. The molecule has 0 aliphatic carbocycles. The van der Waals surface area contributed by atoms with Gasteiger partial charge in [0.05, 0.1) is 0 Å². The molecule has 0 bridgehead atoms. The molecular weight excluding hydrogens is 160 g/mol. The molecule has 1 aliphatic heterocycles. The maximum absolute atomic E-state index is 3.60. The second-order valence-electron chi connectivity index (χ2n) is 4.24. The molecule has 1 aliphatic rings. The van der Waals surface area contributed by atoms with Crippen LogP contribution in [0.2, 0.25) is 0 Å². The van der Waals surface area contributed by atoms with E-state index in [-0.39, 0.29) is 0 Å². The number of hydrogen-bond acceptors (Lipinski definition) is 2. The molecular formula is C11H24N2. The van der Waals surface area contributed by atoms with E-state index >= 15 is 0 Å². The van der Waals surface area contributed by atoms with E-state index in [1.54, 1.807) is 0 Å². The zero-order chi connectivity index (χ0) is 9.52. The van der Waals surface area contributed by atoms with Crippen molar-refractivity contribution in [3.8, 4) is 0 Å². The van der Waals surface area contributed by atoms with Crippen LogP contribution in [0.3, 0.4) is 0 Å². The van der Waals surface area contributed by atoms with E-state index in [0.717, 1.165) is 12.6 Å². The standard InChI is InChI=1S/C11H24N2/c1-3-4-6-10(2)13-9-11-7-5-8-12-11/h10-13H,3-9H2,1-2H3. The lowest BCUT2D eigenvalue weighted by Crippen LogP contribution is -2.38. The van der Waals surface area contributed by atoms with Crippen LogP contribution in [0.15, 0.2) is 0 Å². The first-order valence-corrected chi connectivity index (χ1v) is 5.79. The summed E-state index contributed by atoms with van der Waals surface area (Å²) in [7, 11) is 0. The SMILES string of the molecule is CCCCC(C)NCC1CCCN1. The first-order chi connectivity index (χ1) is 6.33.